The van der Waals surface area contributed by atoms with Gasteiger partial charge in [0.25, 0.3) is 5.91 Å². The molecule has 0 bridgehead atoms. The van der Waals surface area contributed by atoms with Gasteiger partial charge in [-0.25, -0.2) is 0 Å². The van der Waals surface area contributed by atoms with Gasteiger partial charge in [0.1, 0.15) is 0 Å². The van der Waals surface area contributed by atoms with Gasteiger partial charge in [-0.05, 0) is 25.2 Å². The summed E-state index contributed by atoms with van der Waals surface area (Å²) in [6.45, 7) is 7.92. The summed E-state index contributed by atoms with van der Waals surface area (Å²) in [5.74, 6) is 0.00718. The number of hydrogen-bond acceptors (Lipinski definition) is 2. The van der Waals surface area contributed by atoms with E-state index < -0.39 is 0 Å². The largest absolute Gasteiger partial charge is 0.351 e. The molecule has 0 fully saturated rings. The van der Waals surface area contributed by atoms with Crippen LogP contribution < -0.4 is 5.32 Å². The van der Waals surface area contributed by atoms with E-state index in [1.807, 2.05) is 30.3 Å². The predicted molar refractivity (Wildman–Crippen MR) is 73.8 cm³/mol. The molecule has 0 aromatic heterocycles. The number of nitrogens with zero attached hydrogens (tertiary/aromatic N) is 1. The van der Waals surface area contributed by atoms with Crippen LogP contribution >= 0.6 is 12.4 Å². The molecule has 0 heterocycles. The molecule has 0 unspecified atom stereocenters. The van der Waals surface area contributed by atoms with Crippen LogP contribution in [0.2, 0.25) is 0 Å². The lowest BCUT2D eigenvalue weighted by atomic mass is 10.2. The molecule has 0 spiro atoms. The fourth-order valence-corrected chi connectivity index (χ4v) is 1.56. The summed E-state index contributed by atoms with van der Waals surface area (Å²) >= 11 is 0. The Labute approximate surface area is 110 Å². The smallest absolute Gasteiger partial charge is 0.251 e. The predicted octanol–water partition coefficient (Wildman–Crippen LogP) is 2.18. The van der Waals surface area contributed by atoms with E-state index in [9.17, 15) is 4.79 Å². The number of hydrogen-bond donors (Lipinski definition) is 1. The molecular weight excluding hydrogens is 236 g/mol. The Morgan fingerprint density at radius 2 is 1.76 bits per heavy atom. The molecule has 0 radical (unpaired) electrons. The molecule has 17 heavy (non-hydrogen) atoms. The fraction of sp³-hybridized carbons (Fsp3) is 0.462. The van der Waals surface area contributed by atoms with Crippen molar-refractivity contribution in [1.29, 1.82) is 0 Å². The zero-order chi connectivity index (χ0) is 11.8. The van der Waals surface area contributed by atoms with Crippen molar-refractivity contribution in [2.45, 2.75) is 13.8 Å². The third-order valence-electron chi connectivity index (χ3n) is 2.64. The van der Waals surface area contributed by atoms with Gasteiger partial charge in [0, 0.05) is 18.7 Å². The van der Waals surface area contributed by atoms with Crippen molar-refractivity contribution < 1.29 is 4.79 Å². The summed E-state index contributed by atoms with van der Waals surface area (Å²) < 4.78 is 0. The van der Waals surface area contributed by atoms with Gasteiger partial charge in [-0.15, -0.1) is 12.4 Å². The van der Waals surface area contributed by atoms with Gasteiger partial charge in [0.15, 0.2) is 0 Å². The lowest BCUT2D eigenvalue weighted by Gasteiger charge is -2.17. The van der Waals surface area contributed by atoms with Crippen LogP contribution in [0, 0.1) is 0 Å². The van der Waals surface area contributed by atoms with Gasteiger partial charge in [-0.3, -0.25) is 4.79 Å². The van der Waals surface area contributed by atoms with Crippen LogP contribution in [0.25, 0.3) is 0 Å². The first-order valence-electron chi connectivity index (χ1n) is 5.83. The second kappa shape index (κ2) is 9.02. The second-order valence-electron chi connectivity index (χ2n) is 3.65. The Balaban J connectivity index is 0.00000256. The first-order valence-corrected chi connectivity index (χ1v) is 5.83. The maximum Gasteiger partial charge on any atom is 0.251 e. The van der Waals surface area contributed by atoms with Crippen LogP contribution in [-0.2, 0) is 0 Å². The van der Waals surface area contributed by atoms with Gasteiger partial charge in [-0.2, -0.15) is 0 Å². The van der Waals surface area contributed by atoms with Gasteiger partial charge in [0.2, 0.25) is 0 Å². The molecule has 96 valence electrons. The fourth-order valence-electron chi connectivity index (χ4n) is 1.56. The molecule has 1 rings (SSSR count). The zero-order valence-corrected chi connectivity index (χ0v) is 11.3. The minimum absolute atomic E-state index is 0. The van der Waals surface area contributed by atoms with Crippen molar-refractivity contribution >= 4 is 18.3 Å². The van der Waals surface area contributed by atoms with Crippen molar-refractivity contribution in [3.05, 3.63) is 35.9 Å². The standard InChI is InChI=1S/C13H20N2O.ClH/c1-3-15(4-2)11-10-14-13(16)12-8-6-5-7-9-12;/h5-9H,3-4,10-11H2,1-2H3,(H,14,16);1H. The highest BCUT2D eigenvalue weighted by Gasteiger charge is 2.04. The van der Waals surface area contributed by atoms with E-state index >= 15 is 0 Å². The number of carbonyl (C=O) groups excluding carboxylic acids is 1. The van der Waals surface area contributed by atoms with E-state index in [0.717, 1.165) is 25.2 Å². The summed E-state index contributed by atoms with van der Waals surface area (Å²) in [7, 11) is 0. The summed E-state index contributed by atoms with van der Waals surface area (Å²) in [6, 6.07) is 9.31. The summed E-state index contributed by atoms with van der Waals surface area (Å²) in [5.41, 5.74) is 0.724. The van der Waals surface area contributed by atoms with Crippen LogP contribution in [0.5, 0.6) is 0 Å². The molecular formula is C13H21ClN2O. The summed E-state index contributed by atoms with van der Waals surface area (Å²) in [4.78, 5) is 14.0. The van der Waals surface area contributed by atoms with Gasteiger partial charge in [0.05, 0.1) is 0 Å². The van der Waals surface area contributed by atoms with Crippen LogP contribution in [0.1, 0.15) is 24.2 Å². The number of halogens is 1. The van der Waals surface area contributed by atoms with E-state index in [1.165, 1.54) is 0 Å². The second-order valence-corrected chi connectivity index (χ2v) is 3.65. The Morgan fingerprint density at radius 1 is 1.18 bits per heavy atom. The third-order valence-corrected chi connectivity index (χ3v) is 2.64. The van der Waals surface area contributed by atoms with E-state index in [-0.39, 0.29) is 18.3 Å². The van der Waals surface area contributed by atoms with Crippen LogP contribution in [0.15, 0.2) is 30.3 Å². The number of amides is 1. The zero-order valence-electron chi connectivity index (χ0n) is 10.5. The summed E-state index contributed by atoms with van der Waals surface area (Å²) in [6.07, 6.45) is 0. The highest BCUT2D eigenvalue weighted by Crippen LogP contribution is 1.97. The van der Waals surface area contributed by atoms with Crippen LogP contribution in [-0.4, -0.2) is 37.0 Å². The Bertz CT molecular complexity index is 312. The highest BCUT2D eigenvalue weighted by molar-refractivity contribution is 5.94. The molecule has 0 atom stereocenters. The lowest BCUT2D eigenvalue weighted by Crippen LogP contribution is -2.34. The summed E-state index contributed by atoms with van der Waals surface area (Å²) in [5, 5.41) is 2.92. The van der Waals surface area contributed by atoms with E-state index in [0.29, 0.717) is 6.54 Å². The molecule has 1 aromatic rings. The van der Waals surface area contributed by atoms with Crippen molar-refractivity contribution in [1.82, 2.24) is 10.2 Å². The van der Waals surface area contributed by atoms with Crippen molar-refractivity contribution in [3.63, 3.8) is 0 Å². The van der Waals surface area contributed by atoms with Gasteiger partial charge >= 0.3 is 0 Å². The molecule has 0 saturated heterocycles. The molecule has 1 amide bonds. The monoisotopic (exact) mass is 256 g/mol. The SMILES string of the molecule is CCN(CC)CCNC(=O)c1ccccc1.Cl. The molecule has 0 saturated carbocycles. The third kappa shape index (κ3) is 5.71. The Morgan fingerprint density at radius 3 is 2.29 bits per heavy atom. The molecule has 0 aliphatic rings. The lowest BCUT2D eigenvalue weighted by molar-refractivity contribution is 0.0949. The molecule has 3 nitrogen and oxygen atoms in total. The van der Waals surface area contributed by atoms with E-state index in [4.69, 9.17) is 0 Å². The average Bonchev–Trinajstić information content (AvgIpc) is 2.35. The highest BCUT2D eigenvalue weighted by atomic mass is 35.5. The molecule has 0 aliphatic carbocycles. The number of rotatable bonds is 6. The topological polar surface area (TPSA) is 32.3 Å². The van der Waals surface area contributed by atoms with Gasteiger partial charge < -0.3 is 10.2 Å². The molecule has 0 aliphatic heterocycles. The minimum Gasteiger partial charge on any atom is -0.351 e. The number of likely N-dealkylation sites (N-methyl/N-ethyl adjacent to an activating group) is 1. The van der Waals surface area contributed by atoms with Crippen molar-refractivity contribution in [2.24, 2.45) is 0 Å². The maximum atomic E-state index is 11.7. The quantitative estimate of drug-likeness (QED) is 0.846. The van der Waals surface area contributed by atoms with Gasteiger partial charge in [-0.1, -0.05) is 32.0 Å². The number of benzene rings is 1. The van der Waals surface area contributed by atoms with E-state index in [2.05, 4.69) is 24.1 Å². The van der Waals surface area contributed by atoms with Crippen molar-refractivity contribution in [3.8, 4) is 0 Å². The first kappa shape index (κ1) is 15.9. The molecule has 4 heteroatoms. The first-order chi connectivity index (χ1) is 7.77. The molecule has 1 aromatic carbocycles. The molecule has 1 N–H and O–H groups in total. The number of carbonyl (C=O) groups is 1. The average molecular weight is 257 g/mol. The maximum absolute atomic E-state index is 11.7. The van der Waals surface area contributed by atoms with Crippen LogP contribution in [0.3, 0.4) is 0 Å². The Hall–Kier alpha value is -1.06. The Kier molecular flexibility index (Phi) is 8.46. The van der Waals surface area contributed by atoms with Crippen molar-refractivity contribution in [2.75, 3.05) is 26.2 Å². The minimum atomic E-state index is 0. The normalized spacial score (nSPS) is 9.82. The van der Waals surface area contributed by atoms with E-state index in [1.54, 1.807) is 0 Å². The number of nitrogens with one attached hydrogen (secondary N) is 1. The van der Waals surface area contributed by atoms with Crippen LogP contribution in [0.4, 0.5) is 0 Å².